The van der Waals surface area contributed by atoms with Crippen LogP contribution in [0.25, 0.3) is 5.82 Å². The molecule has 0 saturated heterocycles. The van der Waals surface area contributed by atoms with E-state index in [2.05, 4.69) is 14.8 Å². The molecule has 0 unspecified atom stereocenters. The molecular weight excluding hydrogens is 380 g/mol. The summed E-state index contributed by atoms with van der Waals surface area (Å²) in [5.41, 5.74) is 1.59. The van der Waals surface area contributed by atoms with E-state index in [0.29, 0.717) is 30.5 Å². The van der Waals surface area contributed by atoms with E-state index in [4.69, 9.17) is 9.47 Å². The predicted octanol–water partition coefficient (Wildman–Crippen LogP) is 2.39. The van der Waals surface area contributed by atoms with Crippen LogP contribution in [0.1, 0.15) is 24.2 Å². The molecule has 0 saturated carbocycles. The lowest BCUT2D eigenvalue weighted by molar-refractivity contribution is 0.171. The number of hydrogen-bond acceptors (Lipinski definition) is 6. The van der Waals surface area contributed by atoms with Gasteiger partial charge >= 0.3 is 0 Å². The number of hydrogen-bond donors (Lipinski definition) is 1. The summed E-state index contributed by atoms with van der Waals surface area (Å²) < 4.78 is 41.0. The van der Waals surface area contributed by atoms with Crippen LogP contribution in [0.2, 0.25) is 0 Å². The fourth-order valence-electron chi connectivity index (χ4n) is 3.11. The SMILES string of the molecule is Cc1c([C@@H](C)NS(=O)(=O)c2ccc3c(c2)OCCO3)cnn1-c1ccccn1. The summed E-state index contributed by atoms with van der Waals surface area (Å²) in [5, 5.41) is 4.35. The number of nitrogens with one attached hydrogen (secondary N) is 1. The van der Waals surface area contributed by atoms with Crippen LogP contribution in [0.4, 0.5) is 0 Å². The number of nitrogens with zero attached hydrogens (tertiary/aromatic N) is 3. The fraction of sp³-hybridized carbons (Fsp3) is 0.263. The van der Waals surface area contributed by atoms with Crippen molar-refractivity contribution in [3.05, 3.63) is 60.0 Å². The molecule has 9 heteroatoms. The van der Waals surface area contributed by atoms with E-state index in [1.165, 1.54) is 12.1 Å². The van der Waals surface area contributed by atoms with Gasteiger partial charge in [-0.2, -0.15) is 5.10 Å². The third kappa shape index (κ3) is 3.46. The highest BCUT2D eigenvalue weighted by Gasteiger charge is 2.24. The van der Waals surface area contributed by atoms with Crippen LogP contribution >= 0.6 is 0 Å². The van der Waals surface area contributed by atoms with Crippen molar-refractivity contribution in [2.24, 2.45) is 0 Å². The van der Waals surface area contributed by atoms with E-state index < -0.39 is 16.1 Å². The molecule has 1 aliphatic rings. The van der Waals surface area contributed by atoms with Gasteiger partial charge in [-0.1, -0.05) is 6.07 Å². The first-order valence-electron chi connectivity index (χ1n) is 8.83. The first-order chi connectivity index (χ1) is 13.5. The molecule has 4 rings (SSSR count). The predicted molar refractivity (Wildman–Crippen MR) is 102 cm³/mol. The van der Waals surface area contributed by atoms with E-state index in [9.17, 15) is 8.42 Å². The smallest absolute Gasteiger partial charge is 0.241 e. The minimum Gasteiger partial charge on any atom is -0.486 e. The molecular formula is C19H20N4O4S. The zero-order valence-electron chi connectivity index (χ0n) is 15.5. The van der Waals surface area contributed by atoms with Crippen LogP contribution in [0.3, 0.4) is 0 Å². The van der Waals surface area contributed by atoms with Gasteiger partial charge < -0.3 is 9.47 Å². The van der Waals surface area contributed by atoms with Crippen molar-refractivity contribution in [2.75, 3.05) is 13.2 Å². The molecule has 28 heavy (non-hydrogen) atoms. The van der Waals surface area contributed by atoms with E-state index in [0.717, 1.165) is 11.3 Å². The van der Waals surface area contributed by atoms with Gasteiger partial charge in [-0.05, 0) is 38.1 Å². The highest BCUT2D eigenvalue weighted by Crippen LogP contribution is 2.32. The summed E-state index contributed by atoms with van der Waals surface area (Å²) in [5.74, 6) is 1.65. The number of pyridine rings is 1. The van der Waals surface area contributed by atoms with Crippen molar-refractivity contribution in [3.8, 4) is 17.3 Å². The first-order valence-corrected chi connectivity index (χ1v) is 10.3. The lowest BCUT2D eigenvalue weighted by Crippen LogP contribution is -2.27. The Morgan fingerprint density at radius 3 is 2.68 bits per heavy atom. The van der Waals surface area contributed by atoms with Gasteiger partial charge in [-0.3, -0.25) is 0 Å². The maximum atomic E-state index is 12.8. The second-order valence-corrected chi connectivity index (χ2v) is 8.15. The number of rotatable bonds is 5. The van der Waals surface area contributed by atoms with Crippen molar-refractivity contribution >= 4 is 10.0 Å². The molecule has 3 aromatic rings. The number of ether oxygens (including phenoxy) is 2. The number of fused-ring (bicyclic) bond motifs is 1. The van der Waals surface area contributed by atoms with Crippen LogP contribution in [-0.2, 0) is 10.0 Å². The highest BCUT2D eigenvalue weighted by atomic mass is 32.2. The molecule has 146 valence electrons. The summed E-state index contributed by atoms with van der Waals surface area (Å²) in [6.07, 6.45) is 3.34. The van der Waals surface area contributed by atoms with Gasteiger partial charge in [0.1, 0.15) is 13.2 Å². The monoisotopic (exact) mass is 400 g/mol. The average Bonchev–Trinajstić information content (AvgIpc) is 3.09. The third-order valence-corrected chi connectivity index (χ3v) is 6.07. The largest absolute Gasteiger partial charge is 0.486 e. The van der Waals surface area contributed by atoms with E-state index in [-0.39, 0.29) is 4.90 Å². The third-order valence-electron chi connectivity index (χ3n) is 4.54. The molecule has 0 bridgehead atoms. The maximum Gasteiger partial charge on any atom is 0.241 e. The molecule has 1 atom stereocenters. The van der Waals surface area contributed by atoms with E-state index in [1.807, 2.05) is 25.1 Å². The Morgan fingerprint density at radius 1 is 1.14 bits per heavy atom. The second-order valence-electron chi connectivity index (χ2n) is 6.43. The van der Waals surface area contributed by atoms with Gasteiger partial charge in [0.15, 0.2) is 17.3 Å². The summed E-state index contributed by atoms with van der Waals surface area (Å²) >= 11 is 0. The Labute approximate surface area is 163 Å². The Kier molecular flexibility index (Phi) is 4.78. The molecule has 0 amide bonds. The van der Waals surface area contributed by atoms with Crippen molar-refractivity contribution in [1.82, 2.24) is 19.5 Å². The molecule has 0 fully saturated rings. The van der Waals surface area contributed by atoms with Crippen molar-refractivity contribution < 1.29 is 17.9 Å². The molecule has 0 aliphatic carbocycles. The Bertz CT molecular complexity index is 1100. The van der Waals surface area contributed by atoms with Gasteiger partial charge in [0.05, 0.1) is 11.1 Å². The Morgan fingerprint density at radius 2 is 1.93 bits per heavy atom. The minimum atomic E-state index is -3.75. The molecule has 2 aromatic heterocycles. The normalized spacial score (nSPS) is 14.6. The van der Waals surface area contributed by atoms with Gasteiger partial charge in [-0.15, -0.1) is 0 Å². The van der Waals surface area contributed by atoms with E-state index in [1.54, 1.807) is 30.1 Å². The Balaban J connectivity index is 1.58. The molecule has 0 radical (unpaired) electrons. The molecule has 0 spiro atoms. The summed E-state index contributed by atoms with van der Waals surface area (Å²) in [4.78, 5) is 4.41. The Hall–Kier alpha value is -2.91. The van der Waals surface area contributed by atoms with Crippen molar-refractivity contribution in [3.63, 3.8) is 0 Å². The minimum absolute atomic E-state index is 0.123. The van der Waals surface area contributed by atoms with Gasteiger partial charge in [0.25, 0.3) is 0 Å². The molecule has 3 heterocycles. The van der Waals surface area contributed by atoms with E-state index >= 15 is 0 Å². The number of sulfonamides is 1. The van der Waals surface area contributed by atoms with Crippen LogP contribution in [0, 0.1) is 6.92 Å². The first kappa shape index (κ1) is 18.5. The van der Waals surface area contributed by atoms with Gasteiger partial charge in [0.2, 0.25) is 10.0 Å². The highest BCUT2D eigenvalue weighted by molar-refractivity contribution is 7.89. The number of benzene rings is 1. The lowest BCUT2D eigenvalue weighted by Gasteiger charge is -2.19. The van der Waals surface area contributed by atoms with Crippen molar-refractivity contribution in [1.29, 1.82) is 0 Å². The zero-order valence-corrected chi connectivity index (χ0v) is 16.3. The lowest BCUT2D eigenvalue weighted by atomic mass is 10.1. The number of aromatic nitrogens is 3. The average molecular weight is 400 g/mol. The summed E-state index contributed by atoms with van der Waals surface area (Å²) in [6, 6.07) is 9.66. The molecule has 1 N–H and O–H groups in total. The standard InChI is InChI=1S/C19H20N4O4S/c1-13(16-12-21-23(14(16)2)19-5-3-4-8-20-19)22-28(24,25)15-6-7-17-18(11-15)27-10-9-26-17/h3-8,11-13,22H,9-10H2,1-2H3/t13-/m1/s1. The second kappa shape index (κ2) is 7.25. The maximum absolute atomic E-state index is 12.8. The van der Waals surface area contributed by atoms with Crippen LogP contribution in [0.5, 0.6) is 11.5 Å². The molecule has 1 aromatic carbocycles. The fourth-order valence-corrected chi connectivity index (χ4v) is 4.35. The van der Waals surface area contributed by atoms with Gasteiger partial charge in [0, 0.05) is 29.6 Å². The molecule has 1 aliphatic heterocycles. The van der Waals surface area contributed by atoms with Gasteiger partial charge in [-0.25, -0.2) is 22.8 Å². The summed E-state index contributed by atoms with van der Waals surface area (Å²) in [7, 11) is -3.75. The van der Waals surface area contributed by atoms with Crippen LogP contribution in [0.15, 0.2) is 53.7 Å². The van der Waals surface area contributed by atoms with Crippen LogP contribution < -0.4 is 14.2 Å². The quantitative estimate of drug-likeness (QED) is 0.707. The zero-order chi connectivity index (χ0) is 19.7. The van der Waals surface area contributed by atoms with Crippen molar-refractivity contribution in [2.45, 2.75) is 24.8 Å². The van der Waals surface area contributed by atoms with Crippen LogP contribution in [-0.4, -0.2) is 36.4 Å². The molecule has 8 nitrogen and oxygen atoms in total. The topological polar surface area (TPSA) is 95.3 Å². The summed E-state index contributed by atoms with van der Waals surface area (Å²) in [6.45, 7) is 4.51.